The lowest BCUT2D eigenvalue weighted by molar-refractivity contribution is -0.123. The molecule has 6 heteroatoms. The summed E-state index contributed by atoms with van der Waals surface area (Å²) in [6, 6.07) is 3.00. The summed E-state index contributed by atoms with van der Waals surface area (Å²) in [5.41, 5.74) is 5.14. The fraction of sp³-hybridized carbons (Fsp3) is 0.300. The molecule has 84 valence electrons. The molecule has 3 N–H and O–H groups in total. The molecule has 2 heterocycles. The van der Waals surface area contributed by atoms with Crippen molar-refractivity contribution in [3.63, 3.8) is 0 Å². The van der Waals surface area contributed by atoms with Crippen molar-refractivity contribution in [2.24, 2.45) is 11.7 Å². The van der Waals surface area contributed by atoms with Crippen LogP contribution in [0.25, 0.3) is 0 Å². The smallest absolute Gasteiger partial charge is 0.229 e. The van der Waals surface area contributed by atoms with Crippen molar-refractivity contribution in [3.8, 4) is 5.75 Å². The molecule has 2 rings (SSSR count). The van der Waals surface area contributed by atoms with Crippen LogP contribution in [0.2, 0.25) is 0 Å². The zero-order valence-corrected chi connectivity index (χ0v) is 8.46. The molecule has 1 aromatic rings. The molecule has 1 unspecified atom stereocenters. The molecule has 0 saturated carbocycles. The van der Waals surface area contributed by atoms with E-state index in [-0.39, 0.29) is 30.4 Å². The predicted molar refractivity (Wildman–Crippen MR) is 55.6 cm³/mol. The first kappa shape index (κ1) is 10.4. The summed E-state index contributed by atoms with van der Waals surface area (Å²) in [5, 5.41) is 9.54. The number of anilines is 1. The minimum absolute atomic E-state index is 0.0747. The molecule has 0 bridgehead atoms. The molecule has 0 spiro atoms. The van der Waals surface area contributed by atoms with Crippen LogP contribution in [0.5, 0.6) is 5.75 Å². The second-order valence-corrected chi connectivity index (χ2v) is 3.65. The highest BCUT2D eigenvalue weighted by molar-refractivity contribution is 6.00. The largest absolute Gasteiger partial charge is 0.504 e. The Bertz CT molecular complexity index is 447. The van der Waals surface area contributed by atoms with E-state index in [0.717, 1.165) is 0 Å². The number of aromatic nitrogens is 1. The number of hydrogen-bond acceptors (Lipinski definition) is 4. The number of amides is 2. The molecule has 0 aliphatic carbocycles. The third kappa shape index (κ3) is 1.69. The van der Waals surface area contributed by atoms with Gasteiger partial charge in [0.15, 0.2) is 11.6 Å². The van der Waals surface area contributed by atoms with Gasteiger partial charge in [-0.2, -0.15) is 0 Å². The van der Waals surface area contributed by atoms with E-state index in [2.05, 4.69) is 4.98 Å². The first-order valence-corrected chi connectivity index (χ1v) is 4.83. The van der Waals surface area contributed by atoms with Gasteiger partial charge in [-0.1, -0.05) is 0 Å². The van der Waals surface area contributed by atoms with E-state index in [4.69, 9.17) is 5.73 Å². The lowest BCUT2D eigenvalue weighted by atomic mass is 10.1. The zero-order chi connectivity index (χ0) is 11.7. The standard InChI is InChI=1S/C10H11N3O3/c11-9(16)6-4-8(15)13(5-6)10-7(14)2-1-3-12-10/h1-3,6,14H,4-5H2,(H2,11,16). The van der Waals surface area contributed by atoms with Crippen molar-refractivity contribution in [1.82, 2.24) is 4.98 Å². The molecule has 1 fully saturated rings. The Morgan fingerprint density at radius 2 is 2.38 bits per heavy atom. The van der Waals surface area contributed by atoms with Gasteiger partial charge in [0.25, 0.3) is 0 Å². The summed E-state index contributed by atoms with van der Waals surface area (Å²) in [5.74, 6) is -1.17. The van der Waals surface area contributed by atoms with Crippen molar-refractivity contribution in [2.75, 3.05) is 11.4 Å². The van der Waals surface area contributed by atoms with Crippen molar-refractivity contribution in [1.29, 1.82) is 0 Å². The average molecular weight is 221 g/mol. The van der Waals surface area contributed by atoms with Gasteiger partial charge in [-0.3, -0.25) is 14.5 Å². The fourth-order valence-electron chi connectivity index (χ4n) is 1.70. The average Bonchev–Trinajstić information content (AvgIpc) is 2.61. The van der Waals surface area contributed by atoms with Gasteiger partial charge < -0.3 is 10.8 Å². The highest BCUT2D eigenvalue weighted by Gasteiger charge is 2.35. The predicted octanol–water partition coefficient (Wildman–Crippen LogP) is -0.375. The van der Waals surface area contributed by atoms with Gasteiger partial charge in [-0.15, -0.1) is 0 Å². The Balaban J connectivity index is 2.27. The van der Waals surface area contributed by atoms with Gasteiger partial charge in [0.1, 0.15) is 0 Å². The molecule has 1 aromatic heterocycles. The van der Waals surface area contributed by atoms with Gasteiger partial charge >= 0.3 is 0 Å². The normalized spacial score (nSPS) is 20.1. The lowest BCUT2D eigenvalue weighted by Gasteiger charge is -2.15. The van der Waals surface area contributed by atoms with Crippen molar-refractivity contribution in [2.45, 2.75) is 6.42 Å². The first-order valence-electron chi connectivity index (χ1n) is 4.83. The van der Waals surface area contributed by atoms with E-state index in [1.54, 1.807) is 6.07 Å². The molecule has 0 radical (unpaired) electrons. The summed E-state index contributed by atoms with van der Waals surface area (Å²) in [4.78, 5) is 27.8. The fourth-order valence-corrected chi connectivity index (χ4v) is 1.70. The minimum Gasteiger partial charge on any atom is -0.504 e. The minimum atomic E-state index is -0.508. The maximum Gasteiger partial charge on any atom is 0.229 e. The Labute approximate surface area is 91.7 Å². The van der Waals surface area contributed by atoms with Crippen LogP contribution in [0.4, 0.5) is 5.82 Å². The van der Waals surface area contributed by atoms with E-state index in [1.165, 1.54) is 17.2 Å². The Morgan fingerprint density at radius 1 is 1.62 bits per heavy atom. The molecule has 16 heavy (non-hydrogen) atoms. The van der Waals surface area contributed by atoms with Crippen molar-refractivity contribution < 1.29 is 14.7 Å². The van der Waals surface area contributed by atoms with E-state index in [0.29, 0.717) is 0 Å². The summed E-state index contributed by atoms with van der Waals surface area (Å²) >= 11 is 0. The zero-order valence-electron chi connectivity index (χ0n) is 8.46. The van der Waals surface area contributed by atoms with E-state index in [1.807, 2.05) is 0 Å². The Kier molecular flexibility index (Phi) is 2.47. The molecule has 6 nitrogen and oxygen atoms in total. The van der Waals surface area contributed by atoms with Crippen LogP contribution in [0.1, 0.15) is 6.42 Å². The molecular weight excluding hydrogens is 210 g/mol. The van der Waals surface area contributed by atoms with E-state index in [9.17, 15) is 14.7 Å². The SMILES string of the molecule is NC(=O)C1CC(=O)N(c2ncccc2O)C1. The number of hydrogen-bond donors (Lipinski definition) is 2. The first-order chi connectivity index (χ1) is 7.59. The monoisotopic (exact) mass is 221 g/mol. The molecule has 1 aliphatic rings. The van der Waals surface area contributed by atoms with Gasteiger partial charge in [0.2, 0.25) is 11.8 Å². The van der Waals surface area contributed by atoms with Crippen LogP contribution in [0, 0.1) is 5.92 Å². The summed E-state index contributed by atoms with van der Waals surface area (Å²) in [6.45, 7) is 0.179. The number of carbonyl (C=O) groups is 2. The number of primary amides is 1. The maximum absolute atomic E-state index is 11.6. The summed E-state index contributed by atoms with van der Waals surface area (Å²) < 4.78 is 0. The van der Waals surface area contributed by atoms with Crippen LogP contribution in [-0.2, 0) is 9.59 Å². The Morgan fingerprint density at radius 3 is 2.94 bits per heavy atom. The maximum atomic E-state index is 11.6. The summed E-state index contributed by atoms with van der Waals surface area (Å²) in [6.07, 6.45) is 1.55. The van der Waals surface area contributed by atoms with Crippen LogP contribution >= 0.6 is 0 Å². The molecule has 1 atom stereocenters. The quantitative estimate of drug-likeness (QED) is 0.711. The number of rotatable bonds is 2. The number of carbonyl (C=O) groups excluding carboxylic acids is 2. The summed E-state index contributed by atoms with van der Waals surface area (Å²) in [7, 11) is 0. The van der Waals surface area contributed by atoms with Gasteiger partial charge in [0, 0.05) is 19.2 Å². The number of pyridine rings is 1. The topological polar surface area (TPSA) is 96.5 Å². The van der Waals surface area contributed by atoms with Crippen LogP contribution in [-0.4, -0.2) is 28.4 Å². The van der Waals surface area contributed by atoms with Crippen molar-refractivity contribution >= 4 is 17.6 Å². The molecule has 0 aromatic carbocycles. The highest BCUT2D eigenvalue weighted by atomic mass is 16.3. The number of aromatic hydroxyl groups is 1. The highest BCUT2D eigenvalue weighted by Crippen LogP contribution is 2.29. The van der Waals surface area contributed by atoms with Gasteiger partial charge in [0.05, 0.1) is 5.92 Å². The molecule has 2 amide bonds. The molecule has 1 aliphatic heterocycles. The Hall–Kier alpha value is -2.11. The van der Waals surface area contributed by atoms with Crippen LogP contribution in [0.3, 0.4) is 0 Å². The second kappa shape index (κ2) is 3.80. The number of nitrogens with zero attached hydrogens (tertiary/aromatic N) is 2. The van der Waals surface area contributed by atoms with Gasteiger partial charge in [-0.05, 0) is 12.1 Å². The second-order valence-electron chi connectivity index (χ2n) is 3.65. The molecular formula is C10H11N3O3. The third-order valence-corrected chi connectivity index (χ3v) is 2.55. The van der Waals surface area contributed by atoms with Crippen LogP contribution in [0.15, 0.2) is 18.3 Å². The van der Waals surface area contributed by atoms with E-state index < -0.39 is 11.8 Å². The number of nitrogens with two attached hydrogens (primary N) is 1. The van der Waals surface area contributed by atoms with Gasteiger partial charge in [-0.25, -0.2) is 4.98 Å². The van der Waals surface area contributed by atoms with Crippen molar-refractivity contribution in [3.05, 3.63) is 18.3 Å². The van der Waals surface area contributed by atoms with E-state index >= 15 is 0 Å². The van der Waals surface area contributed by atoms with Crippen LogP contribution < -0.4 is 10.6 Å². The lowest BCUT2D eigenvalue weighted by Crippen LogP contribution is -2.28. The molecule has 1 saturated heterocycles. The third-order valence-electron chi connectivity index (χ3n) is 2.55.